The third-order valence-electron chi connectivity index (χ3n) is 5.67. The average Bonchev–Trinajstić information content (AvgIpc) is 3.12. The van der Waals surface area contributed by atoms with Gasteiger partial charge in [0.05, 0.1) is 10.5 Å². The number of hydrogen-bond acceptors (Lipinski definition) is 6. The second kappa shape index (κ2) is 8.93. The molecule has 0 saturated carbocycles. The third-order valence-corrected chi connectivity index (χ3v) is 6.56. The van der Waals surface area contributed by atoms with Crippen molar-refractivity contribution < 1.29 is 14.3 Å². The summed E-state index contributed by atoms with van der Waals surface area (Å²) >= 11 is 1.47. The van der Waals surface area contributed by atoms with Crippen LogP contribution >= 0.6 is 11.9 Å². The van der Waals surface area contributed by atoms with Crippen LogP contribution in [0.5, 0.6) is 0 Å². The topological polar surface area (TPSA) is 78.6 Å². The van der Waals surface area contributed by atoms with Gasteiger partial charge in [0.1, 0.15) is 5.52 Å². The Hall–Kier alpha value is -2.51. The van der Waals surface area contributed by atoms with Crippen molar-refractivity contribution in [3.63, 3.8) is 0 Å². The van der Waals surface area contributed by atoms with Crippen LogP contribution in [0.3, 0.4) is 0 Å². The van der Waals surface area contributed by atoms with E-state index in [9.17, 15) is 9.90 Å². The molecule has 3 aromatic rings. The Morgan fingerprint density at radius 1 is 1.23 bits per heavy atom. The van der Waals surface area contributed by atoms with Crippen LogP contribution in [0, 0.1) is 12.8 Å². The molecule has 0 radical (unpaired) electrons. The normalized spacial score (nSPS) is 16.1. The standard InChI is InChI=1S/C24H29N3O3S/c1-16(2)15-24(29)11-13-27(14-12-24)23(28)18-7-9-19(10-8-18)26-31-21-6-4-5-20-22(21)25-17(3)30-20/h4-10,16,26,29H,11-15H2,1-3H3. The number of fused-ring (bicyclic) bond motifs is 1. The van der Waals surface area contributed by atoms with E-state index in [0.717, 1.165) is 28.1 Å². The number of likely N-dealkylation sites (tertiary alicyclic amines) is 1. The van der Waals surface area contributed by atoms with Crippen molar-refractivity contribution in [3.8, 4) is 0 Å². The summed E-state index contributed by atoms with van der Waals surface area (Å²) in [5.74, 6) is 1.12. The number of carbonyl (C=O) groups excluding carboxylic acids is 1. The molecule has 0 bridgehead atoms. The van der Waals surface area contributed by atoms with Crippen molar-refractivity contribution in [2.75, 3.05) is 17.8 Å². The quantitative estimate of drug-likeness (QED) is 0.510. The number of rotatable bonds is 6. The first-order valence-corrected chi connectivity index (χ1v) is 11.6. The van der Waals surface area contributed by atoms with Crippen molar-refractivity contribution in [1.82, 2.24) is 9.88 Å². The van der Waals surface area contributed by atoms with Gasteiger partial charge in [0, 0.05) is 31.3 Å². The smallest absolute Gasteiger partial charge is 0.253 e. The number of amides is 1. The molecule has 2 heterocycles. The van der Waals surface area contributed by atoms with Crippen LogP contribution < -0.4 is 4.72 Å². The fourth-order valence-corrected chi connectivity index (χ4v) is 4.94. The highest BCUT2D eigenvalue weighted by Crippen LogP contribution is 2.31. The first-order chi connectivity index (χ1) is 14.8. The maximum absolute atomic E-state index is 12.9. The summed E-state index contributed by atoms with van der Waals surface area (Å²) in [6.07, 6.45) is 2.06. The van der Waals surface area contributed by atoms with Gasteiger partial charge in [-0.3, -0.25) is 4.79 Å². The fraction of sp³-hybridized carbons (Fsp3) is 0.417. The number of aliphatic hydroxyl groups is 1. The molecule has 1 aliphatic rings. The zero-order valence-electron chi connectivity index (χ0n) is 18.2. The lowest BCUT2D eigenvalue weighted by Crippen LogP contribution is -2.47. The zero-order valence-corrected chi connectivity index (χ0v) is 19.0. The van der Waals surface area contributed by atoms with Crippen LogP contribution in [0.15, 0.2) is 51.8 Å². The van der Waals surface area contributed by atoms with Gasteiger partial charge in [-0.2, -0.15) is 0 Å². The van der Waals surface area contributed by atoms with E-state index in [0.29, 0.717) is 43.3 Å². The van der Waals surface area contributed by atoms with E-state index >= 15 is 0 Å². The molecule has 1 fully saturated rings. The maximum atomic E-state index is 12.9. The lowest BCUT2D eigenvalue weighted by atomic mass is 9.84. The number of aromatic nitrogens is 1. The molecule has 6 nitrogen and oxygen atoms in total. The number of nitrogens with one attached hydrogen (secondary N) is 1. The number of benzene rings is 2. The van der Waals surface area contributed by atoms with Crippen molar-refractivity contribution in [3.05, 3.63) is 53.9 Å². The molecule has 1 saturated heterocycles. The number of para-hydroxylation sites is 1. The minimum atomic E-state index is -0.638. The molecule has 4 rings (SSSR count). The maximum Gasteiger partial charge on any atom is 0.253 e. The molecule has 2 N–H and O–H groups in total. The van der Waals surface area contributed by atoms with Gasteiger partial charge in [0.2, 0.25) is 0 Å². The molecule has 164 valence electrons. The van der Waals surface area contributed by atoms with Gasteiger partial charge in [-0.1, -0.05) is 19.9 Å². The first kappa shape index (κ1) is 21.7. The van der Waals surface area contributed by atoms with Gasteiger partial charge in [-0.05, 0) is 73.5 Å². The largest absolute Gasteiger partial charge is 0.441 e. The number of hydrogen-bond donors (Lipinski definition) is 2. The predicted molar refractivity (Wildman–Crippen MR) is 124 cm³/mol. The van der Waals surface area contributed by atoms with Gasteiger partial charge in [0.25, 0.3) is 5.91 Å². The zero-order chi connectivity index (χ0) is 22.0. The molecule has 0 unspecified atom stereocenters. The van der Waals surface area contributed by atoms with Crippen LogP contribution in [-0.2, 0) is 0 Å². The second-order valence-corrected chi connectivity index (χ2v) is 9.58. The highest BCUT2D eigenvalue weighted by atomic mass is 32.2. The van der Waals surface area contributed by atoms with Crippen molar-refractivity contribution >= 4 is 34.6 Å². The summed E-state index contributed by atoms with van der Waals surface area (Å²) in [5.41, 5.74) is 2.54. The Kier molecular flexibility index (Phi) is 6.25. The van der Waals surface area contributed by atoms with E-state index in [1.165, 1.54) is 11.9 Å². The van der Waals surface area contributed by atoms with Crippen molar-refractivity contribution in [1.29, 1.82) is 0 Å². The predicted octanol–water partition coefficient (Wildman–Crippen LogP) is 5.27. The number of piperidine rings is 1. The van der Waals surface area contributed by atoms with Gasteiger partial charge >= 0.3 is 0 Å². The average molecular weight is 440 g/mol. The number of anilines is 1. The Bertz CT molecular complexity index is 1050. The lowest BCUT2D eigenvalue weighted by molar-refractivity contribution is -0.0311. The van der Waals surface area contributed by atoms with Crippen molar-refractivity contribution in [2.45, 2.75) is 50.5 Å². The van der Waals surface area contributed by atoms with E-state index in [1.807, 2.05) is 54.3 Å². The molecule has 1 aliphatic heterocycles. The van der Waals surface area contributed by atoms with E-state index < -0.39 is 5.60 Å². The second-order valence-electron chi connectivity index (χ2n) is 8.73. The first-order valence-electron chi connectivity index (χ1n) is 10.7. The highest BCUT2D eigenvalue weighted by molar-refractivity contribution is 8.00. The van der Waals surface area contributed by atoms with E-state index in [4.69, 9.17) is 4.42 Å². The number of aryl methyl sites for hydroxylation is 1. The van der Waals surface area contributed by atoms with Crippen LogP contribution in [0.25, 0.3) is 11.1 Å². The van der Waals surface area contributed by atoms with E-state index in [-0.39, 0.29) is 5.91 Å². The minimum absolute atomic E-state index is 0.0219. The molecular weight excluding hydrogens is 410 g/mol. The van der Waals surface area contributed by atoms with Gasteiger partial charge in [-0.15, -0.1) is 0 Å². The van der Waals surface area contributed by atoms with Crippen molar-refractivity contribution in [2.24, 2.45) is 5.92 Å². The Labute approximate surface area is 187 Å². The highest BCUT2D eigenvalue weighted by Gasteiger charge is 2.34. The summed E-state index contributed by atoms with van der Waals surface area (Å²) in [7, 11) is 0. The number of carbonyl (C=O) groups is 1. The molecule has 1 amide bonds. The summed E-state index contributed by atoms with van der Waals surface area (Å²) in [5, 5.41) is 10.7. The summed E-state index contributed by atoms with van der Waals surface area (Å²) < 4.78 is 8.90. The summed E-state index contributed by atoms with van der Waals surface area (Å²) in [4.78, 5) is 20.1. The molecule has 31 heavy (non-hydrogen) atoms. The molecule has 7 heteroatoms. The molecule has 0 spiro atoms. The SMILES string of the molecule is Cc1nc2c(SNc3ccc(C(=O)N4CCC(O)(CC(C)C)CC4)cc3)cccc2o1. The van der Waals surface area contributed by atoms with Gasteiger partial charge in [0.15, 0.2) is 11.5 Å². The monoisotopic (exact) mass is 439 g/mol. The molecule has 2 aromatic carbocycles. The van der Waals surface area contributed by atoms with Crippen LogP contribution in [0.2, 0.25) is 0 Å². The third kappa shape index (κ3) is 5.05. The minimum Gasteiger partial charge on any atom is -0.441 e. The van der Waals surface area contributed by atoms with Crippen LogP contribution in [-0.4, -0.2) is 39.6 Å². The lowest BCUT2D eigenvalue weighted by Gasteiger charge is -2.39. The molecule has 0 atom stereocenters. The summed E-state index contributed by atoms with van der Waals surface area (Å²) in [6.45, 7) is 7.27. The molecule has 0 aliphatic carbocycles. The van der Waals surface area contributed by atoms with Gasteiger partial charge in [-0.25, -0.2) is 4.98 Å². The van der Waals surface area contributed by atoms with Gasteiger partial charge < -0.3 is 19.1 Å². The van der Waals surface area contributed by atoms with E-state index in [2.05, 4.69) is 23.6 Å². The number of oxazole rings is 1. The summed E-state index contributed by atoms with van der Waals surface area (Å²) in [6, 6.07) is 13.4. The Morgan fingerprint density at radius 3 is 2.61 bits per heavy atom. The molecular formula is C24H29N3O3S. The van der Waals surface area contributed by atoms with Crippen LogP contribution in [0.1, 0.15) is 49.4 Å². The van der Waals surface area contributed by atoms with E-state index in [1.54, 1.807) is 0 Å². The Balaban J connectivity index is 1.35. The fourth-order valence-electron chi connectivity index (χ4n) is 4.18. The molecule has 1 aromatic heterocycles. The van der Waals surface area contributed by atoms with Crippen LogP contribution in [0.4, 0.5) is 5.69 Å². The number of nitrogens with zero attached hydrogens (tertiary/aromatic N) is 2. The Morgan fingerprint density at radius 2 is 1.94 bits per heavy atom.